The Kier molecular flexibility index (Phi) is 4.77. The van der Waals surface area contributed by atoms with Crippen molar-refractivity contribution in [2.75, 3.05) is 13.2 Å². The van der Waals surface area contributed by atoms with Crippen LogP contribution in [0.15, 0.2) is 48.5 Å². The van der Waals surface area contributed by atoms with Crippen LogP contribution in [-0.4, -0.2) is 36.1 Å². The molecule has 5 heteroatoms. The summed E-state index contributed by atoms with van der Waals surface area (Å²) in [7, 11) is 0. The molecule has 0 aromatic heterocycles. The van der Waals surface area contributed by atoms with Crippen LogP contribution in [0, 0.1) is 0 Å². The SMILES string of the molecule is CC(C)(O)[C@H](F)CNC(=O)OCC1c2ccccc2-c2ccccc21. The third-order valence-electron chi connectivity index (χ3n) is 4.54. The van der Waals surface area contributed by atoms with Crippen LogP contribution >= 0.6 is 0 Å². The highest BCUT2D eigenvalue weighted by molar-refractivity contribution is 5.79. The van der Waals surface area contributed by atoms with Crippen molar-refractivity contribution in [3.05, 3.63) is 59.7 Å². The number of alkyl carbamates (subject to hydrolysis) is 1. The molecule has 1 atom stereocenters. The van der Waals surface area contributed by atoms with E-state index >= 15 is 0 Å². The lowest BCUT2D eigenvalue weighted by molar-refractivity contribution is -0.00225. The minimum Gasteiger partial charge on any atom is -0.449 e. The lowest BCUT2D eigenvalue weighted by atomic mass is 9.98. The maximum atomic E-state index is 13.7. The average Bonchev–Trinajstić information content (AvgIpc) is 2.91. The molecule has 132 valence electrons. The molecule has 1 aliphatic rings. The molecular formula is C20H22FNO3. The van der Waals surface area contributed by atoms with Gasteiger partial charge < -0.3 is 15.2 Å². The molecule has 0 unspecified atom stereocenters. The smallest absolute Gasteiger partial charge is 0.407 e. The Bertz CT molecular complexity index is 724. The van der Waals surface area contributed by atoms with Gasteiger partial charge in [-0.15, -0.1) is 0 Å². The summed E-state index contributed by atoms with van der Waals surface area (Å²) in [5.41, 5.74) is 3.04. The van der Waals surface area contributed by atoms with Crippen LogP contribution in [0.3, 0.4) is 0 Å². The molecule has 0 radical (unpaired) electrons. The van der Waals surface area contributed by atoms with E-state index in [1.165, 1.54) is 13.8 Å². The molecule has 4 nitrogen and oxygen atoms in total. The first-order chi connectivity index (χ1) is 11.9. The molecular weight excluding hydrogens is 321 g/mol. The van der Waals surface area contributed by atoms with E-state index < -0.39 is 17.9 Å². The number of aliphatic hydroxyl groups is 1. The Hall–Kier alpha value is -2.40. The Labute approximate surface area is 146 Å². The fourth-order valence-corrected chi connectivity index (χ4v) is 3.07. The summed E-state index contributed by atoms with van der Waals surface area (Å²) in [4.78, 5) is 11.9. The molecule has 0 aliphatic heterocycles. The second-order valence-electron chi connectivity index (χ2n) is 6.83. The minimum atomic E-state index is -1.56. The van der Waals surface area contributed by atoms with Crippen molar-refractivity contribution >= 4 is 6.09 Å². The van der Waals surface area contributed by atoms with Gasteiger partial charge in [0.1, 0.15) is 12.8 Å². The van der Waals surface area contributed by atoms with E-state index in [1.54, 1.807) is 0 Å². The zero-order valence-corrected chi connectivity index (χ0v) is 14.3. The number of benzene rings is 2. The lowest BCUT2D eigenvalue weighted by Crippen LogP contribution is -2.42. The van der Waals surface area contributed by atoms with Crippen LogP contribution in [0.25, 0.3) is 11.1 Å². The first kappa shape index (κ1) is 17.4. The number of ether oxygens (including phenoxy) is 1. The van der Waals surface area contributed by atoms with Gasteiger partial charge in [0, 0.05) is 5.92 Å². The van der Waals surface area contributed by atoms with Crippen LogP contribution in [0.2, 0.25) is 0 Å². The number of rotatable bonds is 5. The van der Waals surface area contributed by atoms with Gasteiger partial charge in [0.05, 0.1) is 12.1 Å². The molecule has 0 saturated heterocycles. The van der Waals surface area contributed by atoms with Crippen LogP contribution in [0.4, 0.5) is 9.18 Å². The van der Waals surface area contributed by atoms with Crippen LogP contribution in [0.5, 0.6) is 0 Å². The highest BCUT2D eigenvalue weighted by Gasteiger charge is 2.30. The number of hydrogen-bond donors (Lipinski definition) is 2. The summed E-state index contributed by atoms with van der Waals surface area (Å²) < 4.78 is 19.0. The number of fused-ring (bicyclic) bond motifs is 3. The Balaban J connectivity index is 1.65. The summed E-state index contributed by atoms with van der Waals surface area (Å²) >= 11 is 0. The topological polar surface area (TPSA) is 58.6 Å². The number of amides is 1. The lowest BCUT2D eigenvalue weighted by Gasteiger charge is -2.22. The molecule has 0 fully saturated rings. The third kappa shape index (κ3) is 3.66. The van der Waals surface area contributed by atoms with Crippen LogP contribution in [-0.2, 0) is 4.74 Å². The zero-order chi connectivity index (χ0) is 18.0. The summed E-state index contributed by atoms with van der Waals surface area (Å²) in [5, 5.41) is 11.9. The van der Waals surface area contributed by atoms with E-state index in [-0.39, 0.29) is 19.1 Å². The van der Waals surface area contributed by atoms with Gasteiger partial charge in [-0.2, -0.15) is 0 Å². The number of halogens is 1. The van der Waals surface area contributed by atoms with Gasteiger partial charge in [0.25, 0.3) is 0 Å². The van der Waals surface area contributed by atoms with Gasteiger partial charge in [-0.3, -0.25) is 0 Å². The van der Waals surface area contributed by atoms with Gasteiger partial charge in [-0.05, 0) is 36.1 Å². The maximum Gasteiger partial charge on any atom is 0.407 e. The largest absolute Gasteiger partial charge is 0.449 e. The number of hydrogen-bond acceptors (Lipinski definition) is 3. The molecule has 2 aromatic carbocycles. The Morgan fingerprint density at radius 1 is 1.16 bits per heavy atom. The number of carbonyl (C=O) groups is 1. The van der Waals surface area contributed by atoms with E-state index in [4.69, 9.17) is 4.74 Å². The van der Waals surface area contributed by atoms with Crippen LogP contribution < -0.4 is 5.32 Å². The molecule has 0 heterocycles. The van der Waals surface area contributed by atoms with E-state index in [2.05, 4.69) is 17.4 Å². The third-order valence-corrected chi connectivity index (χ3v) is 4.54. The van der Waals surface area contributed by atoms with Crippen molar-refractivity contribution in [2.45, 2.75) is 31.5 Å². The number of alkyl halides is 1. The second kappa shape index (κ2) is 6.84. The van der Waals surface area contributed by atoms with Crippen molar-refractivity contribution in [3.63, 3.8) is 0 Å². The van der Waals surface area contributed by atoms with E-state index in [0.717, 1.165) is 22.3 Å². The van der Waals surface area contributed by atoms with Crippen LogP contribution in [0.1, 0.15) is 30.9 Å². The number of nitrogens with one attached hydrogen (secondary N) is 1. The van der Waals surface area contributed by atoms with Crippen molar-refractivity contribution in [3.8, 4) is 11.1 Å². The van der Waals surface area contributed by atoms with Crippen molar-refractivity contribution in [1.82, 2.24) is 5.32 Å². The van der Waals surface area contributed by atoms with Crippen molar-refractivity contribution in [2.24, 2.45) is 0 Å². The predicted octanol–water partition coefficient (Wildman–Crippen LogP) is 3.63. The van der Waals surface area contributed by atoms with E-state index in [9.17, 15) is 14.3 Å². The molecule has 1 amide bonds. The Morgan fingerprint density at radius 2 is 1.68 bits per heavy atom. The first-order valence-electron chi connectivity index (χ1n) is 8.33. The van der Waals surface area contributed by atoms with Gasteiger partial charge in [-0.25, -0.2) is 9.18 Å². The second-order valence-corrected chi connectivity index (χ2v) is 6.83. The minimum absolute atomic E-state index is 0.0337. The average molecular weight is 343 g/mol. The molecule has 2 aromatic rings. The normalized spacial score (nSPS) is 14.6. The summed E-state index contributed by atoms with van der Waals surface area (Å²) in [6, 6.07) is 16.1. The van der Waals surface area contributed by atoms with Crippen molar-refractivity contribution in [1.29, 1.82) is 0 Å². The fourth-order valence-electron chi connectivity index (χ4n) is 3.07. The van der Waals surface area contributed by atoms with Gasteiger partial charge in [0.15, 0.2) is 0 Å². The highest BCUT2D eigenvalue weighted by atomic mass is 19.1. The van der Waals surface area contributed by atoms with Gasteiger partial charge >= 0.3 is 6.09 Å². The van der Waals surface area contributed by atoms with E-state index in [1.807, 2.05) is 36.4 Å². The molecule has 0 spiro atoms. The summed E-state index contributed by atoms with van der Waals surface area (Å²) in [6.07, 6.45) is -2.25. The fraction of sp³-hybridized carbons (Fsp3) is 0.350. The van der Waals surface area contributed by atoms with E-state index in [0.29, 0.717) is 0 Å². The number of carbonyl (C=O) groups excluding carboxylic acids is 1. The summed E-state index contributed by atoms with van der Waals surface area (Å²) in [5.74, 6) is -0.0337. The summed E-state index contributed by atoms with van der Waals surface area (Å²) in [6.45, 7) is 2.60. The molecule has 2 N–H and O–H groups in total. The molecule has 0 saturated carbocycles. The first-order valence-corrected chi connectivity index (χ1v) is 8.33. The molecule has 25 heavy (non-hydrogen) atoms. The monoisotopic (exact) mass is 343 g/mol. The highest BCUT2D eigenvalue weighted by Crippen LogP contribution is 2.44. The standard InChI is InChI=1S/C20H22FNO3/c1-20(2,24)18(21)11-22-19(23)25-12-17-15-9-5-3-7-13(15)14-8-4-6-10-16(14)17/h3-10,17-18,24H,11-12H2,1-2H3,(H,22,23)/t18-/m1/s1. The van der Waals surface area contributed by atoms with Gasteiger partial charge in [-0.1, -0.05) is 48.5 Å². The molecule has 1 aliphatic carbocycles. The molecule has 3 rings (SSSR count). The van der Waals surface area contributed by atoms with Crippen molar-refractivity contribution < 1.29 is 19.0 Å². The Morgan fingerprint density at radius 3 is 2.20 bits per heavy atom. The maximum absolute atomic E-state index is 13.7. The van der Waals surface area contributed by atoms with Gasteiger partial charge in [0.2, 0.25) is 0 Å². The zero-order valence-electron chi connectivity index (χ0n) is 14.3. The molecule has 0 bridgehead atoms. The quantitative estimate of drug-likeness (QED) is 0.871. The predicted molar refractivity (Wildman–Crippen MR) is 94.3 cm³/mol.